The first-order valence-corrected chi connectivity index (χ1v) is 4.98. The first-order valence-electron chi connectivity index (χ1n) is 4.98. The van der Waals surface area contributed by atoms with E-state index in [-0.39, 0.29) is 18.3 Å². The van der Waals surface area contributed by atoms with Crippen LogP contribution < -0.4 is 0 Å². The van der Waals surface area contributed by atoms with Gasteiger partial charge in [-0.1, -0.05) is 19.1 Å². The van der Waals surface area contributed by atoms with Crippen LogP contribution >= 0.6 is 0 Å². The van der Waals surface area contributed by atoms with Gasteiger partial charge in [0.15, 0.2) is 11.4 Å². The Kier molecular flexibility index (Phi) is 2.73. The molecule has 0 aliphatic carbocycles. The van der Waals surface area contributed by atoms with Crippen molar-refractivity contribution in [1.29, 1.82) is 0 Å². The molecule has 0 saturated heterocycles. The fourth-order valence-electron chi connectivity index (χ4n) is 1.59. The zero-order valence-corrected chi connectivity index (χ0v) is 8.53. The van der Waals surface area contributed by atoms with Crippen LogP contribution in [0.2, 0.25) is 0 Å². The Labute approximate surface area is 87.3 Å². The summed E-state index contributed by atoms with van der Waals surface area (Å²) in [4.78, 5) is 0. The Hall–Kier alpha value is -1.35. The Bertz CT molecular complexity index is 462. The minimum absolute atomic E-state index is 0.111. The zero-order valence-electron chi connectivity index (χ0n) is 8.53. The summed E-state index contributed by atoms with van der Waals surface area (Å²) in [6, 6.07) is 6.68. The summed E-state index contributed by atoms with van der Waals surface area (Å²) in [5, 5.41) is 9.68. The highest BCUT2D eigenvalue weighted by Crippen LogP contribution is 2.23. The van der Waals surface area contributed by atoms with Gasteiger partial charge >= 0.3 is 0 Å². The molecule has 1 aromatic carbocycles. The van der Waals surface area contributed by atoms with Crippen molar-refractivity contribution in [2.45, 2.75) is 13.3 Å². The van der Waals surface area contributed by atoms with E-state index < -0.39 is 0 Å². The molecule has 0 aliphatic heterocycles. The summed E-state index contributed by atoms with van der Waals surface area (Å²) in [5.41, 5.74) is 0.303. The first kappa shape index (κ1) is 10.2. The van der Waals surface area contributed by atoms with Crippen LogP contribution in [0.25, 0.3) is 11.0 Å². The number of furan rings is 1. The average molecular weight is 208 g/mol. The molecule has 1 aromatic heterocycles. The number of aliphatic hydroxyl groups excluding tert-OH is 1. The largest absolute Gasteiger partial charge is 0.458 e. The number of fused-ring (bicyclic) bond motifs is 1. The van der Waals surface area contributed by atoms with Gasteiger partial charge in [0, 0.05) is 18.4 Å². The molecule has 0 aliphatic rings. The van der Waals surface area contributed by atoms with Gasteiger partial charge < -0.3 is 9.52 Å². The number of para-hydroxylation sites is 1. The van der Waals surface area contributed by atoms with E-state index in [1.165, 1.54) is 6.07 Å². The maximum absolute atomic E-state index is 13.3. The van der Waals surface area contributed by atoms with Crippen molar-refractivity contribution < 1.29 is 13.9 Å². The minimum atomic E-state index is -0.338. The van der Waals surface area contributed by atoms with E-state index in [0.717, 1.165) is 11.1 Å². The molecule has 1 N–H and O–H groups in total. The van der Waals surface area contributed by atoms with Crippen LogP contribution in [0.5, 0.6) is 0 Å². The molecule has 80 valence electrons. The van der Waals surface area contributed by atoms with Crippen molar-refractivity contribution in [1.82, 2.24) is 0 Å². The van der Waals surface area contributed by atoms with Gasteiger partial charge in [-0.05, 0) is 18.1 Å². The summed E-state index contributed by atoms with van der Waals surface area (Å²) >= 11 is 0. The van der Waals surface area contributed by atoms with E-state index in [1.807, 2.05) is 19.1 Å². The number of aliphatic hydroxyl groups is 1. The number of hydrogen-bond donors (Lipinski definition) is 1. The topological polar surface area (TPSA) is 33.4 Å². The molecule has 0 fully saturated rings. The van der Waals surface area contributed by atoms with Crippen LogP contribution in [-0.2, 0) is 6.42 Å². The standard InChI is InChI=1S/C12H13FO2/c1-8(7-14)5-10-6-9-3-2-4-11(13)12(9)15-10/h2-4,6,8,14H,5,7H2,1H3. The molecule has 2 rings (SSSR count). The quantitative estimate of drug-likeness (QED) is 0.841. The second-order valence-corrected chi connectivity index (χ2v) is 3.86. The molecule has 3 heteroatoms. The van der Waals surface area contributed by atoms with Crippen molar-refractivity contribution in [3.8, 4) is 0 Å². The fourth-order valence-corrected chi connectivity index (χ4v) is 1.59. The molecule has 2 aromatic rings. The fraction of sp³-hybridized carbons (Fsp3) is 0.333. The number of rotatable bonds is 3. The lowest BCUT2D eigenvalue weighted by Crippen LogP contribution is -2.03. The van der Waals surface area contributed by atoms with Crippen molar-refractivity contribution in [2.75, 3.05) is 6.61 Å². The Morgan fingerprint density at radius 2 is 2.27 bits per heavy atom. The summed E-state index contributed by atoms with van der Waals surface area (Å²) in [6.07, 6.45) is 0.630. The molecule has 15 heavy (non-hydrogen) atoms. The zero-order chi connectivity index (χ0) is 10.8. The van der Waals surface area contributed by atoms with Gasteiger partial charge in [0.05, 0.1) is 0 Å². The van der Waals surface area contributed by atoms with Crippen molar-refractivity contribution in [3.05, 3.63) is 35.8 Å². The van der Waals surface area contributed by atoms with Gasteiger partial charge in [-0.3, -0.25) is 0 Å². The normalized spacial score (nSPS) is 13.3. The third-order valence-corrected chi connectivity index (χ3v) is 2.41. The highest BCUT2D eigenvalue weighted by Gasteiger charge is 2.10. The second-order valence-electron chi connectivity index (χ2n) is 3.86. The van der Waals surface area contributed by atoms with E-state index in [1.54, 1.807) is 6.07 Å². The lowest BCUT2D eigenvalue weighted by atomic mass is 10.1. The van der Waals surface area contributed by atoms with E-state index in [9.17, 15) is 4.39 Å². The Morgan fingerprint density at radius 3 is 2.93 bits per heavy atom. The average Bonchev–Trinajstić information content (AvgIpc) is 2.62. The minimum Gasteiger partial charge on any atom is -0.458 e. The number of hydrogen-bond acceptors (Lipinski definition) is 2. The van der Waals surface area contributed by atoms with Crippen LogP contribution in [-0.4, -0.2) is 11.7 Å². The number of benzene rings is 1. The van der Waals surface area contributed by atoms with E-state index in [2.05, 4.69) is 0 Å². The van der Waals surface area contributed by atoms with Gasteiger partial charge in [-0.2, -0.15) is 0 Å². The summed E-state index contributed by atoms with van der Waals surface area (Å²) in [5.74, 6) is 0.515. The third-order valence-electron chi connectivity index (χ3n) is 2.41. The Morgan fingerprint density at radius 1 is 1.47 bits per heavy atom. The molecule has 0 bridgehead atoms. The molecule has 0 saturated carbocycles. The molecule has 0 radical (unpaired) electrons. The van der Waals surface area contributed by atoms with Crippen LogP contribution in [0.4, 0.5) is 4.39 Å². The molecule has 1 unspecified atom stereocenters. The molecule has 0 spiro atoms. The molecule has 2 nitrogen and oxygen atoms in total. The van der Waals surface area contributed by atoms with Gasteiger partial charge in [0.1, 0.15) is 5.76 Å². The molecular weight excluding hydrogens is 195 g/mol. The van der Waals surface area contributed by atoms with Gasteiger partial charge in [-0.25, -0.2) is 4.39 Å². The van der Waals surface area contributed by atoms with Gasteiger partial charge in [-0.15, -0.1) is 0 Å². The van der Waals surface area contributed by atoms with Crippen LogP contribution in [0.15, 0.2) is 28.7 Å². The maximum Gasteiger partial charge on any atom is 0.169 e. The van der Waals surface area contributed by atoms with Crippen LogP contribution in [0.1, 0.15) is 12.7 Å². The van der Waals surface area contributed by atoms with Gasteiger partial charge in [0.25, 0.3) is 0 Å². The second kappa shape index (κ2) is 4.03. The highest BCUT2D eigenvalue weighted by molar-refractivity contribution is 5.78. The molecule has 1 heterocycles. The molecule has 1 atom stereocenters. The summed E-state index contributed by atoms with van der Waals surface area (Å²) in [6.45, 7) is 2.03. The third kappa shape index (κ3) is 2.02. The SMILES string of the molecule is CC(CO)Cc1cc2cccc(F)c2o1. The van der Waals surface area contributed by atoms with E-state index >= 15 is 0 Å². The molecule has 0 amide bonds. The molecular formula is C12H13FO2. The first-order chi connectivity index (χ1) is 7.20. The summed E-state index contributed by atoms with van der Waals surface area (Å²) < 4.78 is 18.7. The monoisotopic (exact) mass is 208 g/mol. The lowest BCUT2D eigenvalue weighted by Gasteiger charge is -2.03. The van der Waals surface area contributed by atoms with Crippen molar-refractivity contribution in [3.63, 3.8) is 0 Å². The predicted molar refractivity (Wildman–Crippen MR) is 56.1 cm³/mol. The smallest absolute Gasteiger partial charge is 0.169 e. The Balaban J connectivity index is 2.35. The van der Waals surface area contributed by atoms with Crippen molar-refractivity contribution >= 4 is 11.0 Å². The van der Waals surface area contributed by atoms with Crippen LogP contribution in [0, 0.1) is 11.7 Å². The van der Waals surface area contributed by atoms with Gasteiger partial charge in [0.2, 0.25) is 0 Å². The highest BCUT2D eigenvalue weighted by atomic mass is 19.1. The van der Waals surface area contributed by atoms with E-state index in [0.29, 0.717) is 12.0 Å². The van der Waals surface area contributed by atoms with E-state index in [4.69, 9.17) is 9.52 Å². The predicted octanol–water partition coefficient (Wildman–Crippen LogP) is 2.74. The summed E-state index contributed by atoms with van der Waals surface area (Å²) in [7, 11) is 0. The van der Waals surface area contributed by atoms with Crippen molar-refractivity contribution in [2.24, 2.45) is 5.92 Å². The maximum atomic E-state index is 13.3. The number of halogens is 1. The lowest BCUT2D eigenvalue weighted by molar-refractivity contribution is 0.232. The van der Waals surface area contributed by atoms with Crippen LogP contribution in [0.3, 0.4) is 0 Å².